The molecule has 1 amide bonds. The van der Waals surface area contributed by atoms with E-state index in [-0.39, 0.29) is 18.0 Å². The lowest BCUT2D eigenvalue weighted by molar-refractivity contribution is 0.0775. The normalized spacial score (nSPS) is 21.5. The molecule has 4 heterocycles. The molecule has 1 saturated carbocycles. The van der Waals surface area contributed by atoms with Crippen molar-refractivity contribution < 1.29 is 9.53 Å². The molecule has 10 heteroatoms. The molecule has 1 aliphatic carbocycles. The van der Waals surface area contributed by atoms with Gasteiger partial charge in [-0.1, -0.05) is 19.4 Å². The molecule has 0 bridgehead atoms. The Hall–Kier alpha value is -3.40. The van der Waals surface area contributed by atoms with Crippen molar-refractivity contribution in [3.05, 3.63) is 35.5 Å². The van der Waals surface area contributed by atoms with Crippen LogP contribution in [-0.4, -0.2) is 81.3 Å². The van der Waals surface area contributed by atoms with Gasteiger partial charge in [-0.3, -0.25) is 9.48 Å². The largest absolute Gasteiger partial charge is 0.490 e. The highest BCUT2D eigenvalue weighted by Crippen LogP contribution is 2.34. The second kappa shape index (κ2) is 9.81. The van der Waals surface area contributed by atoms with E-state index in [0.29, 0.717) is 35.3 Å². The zero-order valence-electron chi connectivity index (χ0n) is 21.7. The second-order valence-corrected chi connectivity index (χ2v) is 10.8. The third-order valence-corrected chi connectivity index (χ3v) is 7.74. The number of nitrogens with one attached hydrogen (secondary N) is 1. The topological polar surface area (TPSA) is 114 Å². The highest BCUT2D eigenvalue weighted by atomic mass is 16.5. The predicted molar refractivity (Wildman–Crippen MR) is 143 cm³/mol. The molecule has 3 aliphatic rings. The minimum atomic E-state index is 0.0973. The van der Waals surface area contributed by atoms with E-state index in [0.717, 1.165) is 75.2 Å². The van der Waals surface area contributed by atoms with E-state index in [2.05, 4.69) is 39.3 Å². The third-order valence-electron chi connectivity index (χ3n) is 7.74. The molecular weight excluding hydrogens is 468 g/mol. The lowest BCUT2D eigenvalue weighted by Crippen LogP contribution is -2.32. The van der Waals surface area contributed by atoms with E-state index in [1.807, 2.05) is 27.8 Å². The van der Waals surface area contributed by atoms with Gasteiger partial charge in [0, 0.05) is 43.9 Å². The Balaban J connectivity index is 1.26. The number of carbonyl (C=O) groups excluding carboxylic acids is 1. The molecule has 2 aliphatic heterocycles. The van der Waals surface area contributed by atoms with Gasteiger partial charge in [-0.2, -0.15) is 10.1 Å². The van der Waals surface area contributed by atoms with Gasteiger partial charge in [-0.15, -0.1) is 0 Å². The van der Waals surface area contributed by atoms with Gasteiger partial charge in [0.25, 0.3) is 5.91 Å². The summed E-state index contributed by atoms with van der Waals surface area (Å²) in [6.45, 7) is 7.26. The number of hydrogen-bond donors (Lipinski definition) is 2. The Morgan fingerprint density at radius 1 is 1.16 bits per heavy atom. The van der Waals surface area contributed by atoms with Crippen molar-refractivity contribution in [1.29, 1.82) is 0 Å². The van der Waals surface area contributed by atoms with Crippen molar-refractivity contribution >= 4 is 28.7 Å². The number of unbranched alkanes of at least 4 members (excludes halogenated alkanes) is 1. The van der Waals surface area contributed by atoms with Gasteiger partial charge in [0.15, 0.2) is 5.82 Å². The smallest absolute Gasteiger partial charge is 0.254 e. The SMILES string of the molecule is CCCCNc1nc(N)nc2cnn(Cc3ccc(C(=O)N4CC5CN(C)C[C@H]5C4)cc3OC3CC3)c12. The molecule has 2 saturated heterocycles. The number of likely N-dealkylation sites (tertiary alicyclic amines) is 2. The predicted octanol–water partition coefficient (Wildman–Crippen LogP) is 2.84. The van der Waals surface area contributed by atoms with Gasteiger partial charge in [0.1, 0.15) is 16.8 Å². The number of benzene rings is 1. The Morgan fingerprint density at radius 3 is 2.68 bits per heavy atom. The molecule has 2 atom stereocenters. The van der Waals surface area contributed by atoms with Gasteiger partial charge in [0.05, 0.1) is 18.8 Å². The zero-order valence-corrected chi connectivity index (χ0v) is 21.7. The van der Waals surface area contributed by atoms with Crippen LogP contribution in [-0.2, 0) is 6.54 Å². The highest BCUT2D eigenvalue weighted by molar-refractivity contribution is 5.95. The monoisotopic (exact) mass is 504 g/mol. The summed E-state index contributed by atoms with van der Waals surface area (Å²) in [6, 6.07) is 5.86. The fourth-order valence-corrected chi connectivity index (χ4v) is 5.67. The number of nitrogens with zero attached hydrogens (tertiary/aromatic N) is 6. The Kier molecular flexibility index (Phi) is 6.36. The summed E-state index contributed by atoms with van der Waals surface area (Å²) in [6.07, 6.45) is 6.14. The first-order valence-corrected chi connectivity index (χ1v) is 13.5. The molecule has 3 aromatic rings. The first-order chi connectivity index (χ1) is 18.0. The van der Waals surface area contributed by atoms with E-state index in [1.54, 1.807) is 6.20 Å². The number of carbonyl (C=O) groups is 1. The summed E-state index contributed by atoms with van der Waals surface area (Å²) in [5, 5.41) is 8.00. The fraction of sp³-hybridized carbons (Fsp3) is 0.556. The van der Waals surface area contributed by atoms with Crippen molar-refractivity contribution in [3.63, 3.8) is 0 Å². The molecule has 0 radical (unpaired) electrons. The van der Waals surface area contributed by atoms with Gasteiger partial charge in [-0.05, 0) is 50.3 Å². The standard InChI is InChI=1S/C27H36N8O2/c1-3-4-9-29-25-24-22(31-27(28)32-25)11-30-35(24)16-18-6-5-17(10-23(18)37-21-7-8-21)26(36)34-14-19-12-33(2)13-20(19)15-34/h5-6,10-11,19-21H,3-4,7-9,12-16H2,1-2H3,(H3,28,29,31,32)/t19-,20?/m0/s1. The summed E-state index contributed by atoms with van der Waals surface area (Å²) in [7, 11) is 2.17. The lowest BCUT2D eigenvalue weighted by Gasteiger charge is -2.20. The third kappa shape index (κ3) is 4.94. The molecule has 1 unspecified atom stereocenters. The second-order valence-electron chi connectivity index (χ2n) is 10.8. The van der Waals surface area contributed by atoms with E-state index < -0.39 is 0 Å². The molecule has 2 aromatic heterocycles. The molecule has 3 fully saturated rings. The number of nitrogen functional groups attached to an aromatic ring is 1. The summed E-state index contributed by atoms with van der Waals surface area (Å²) in [5.74, 6) is 2.94. The van der Waals surface area contributed by atoms with Crippen LogP contribution in [0.5, 0.6) is 5.75 Å². The molecule has 196 valence electrons. The Labute approximate surface area is 217 Å². The number of anilines is 2. The van der Waals surface area contributed by atoms with Gasteiger partial charge >= 0.3 is 0 Å². The van der Waals surface area contributed by atoms with Crippen molar-refractivity contribution in [2.45, 2.75) is 45.3 Å². The lowest BCUT2D eigenvalue weighted by atomic mass is 10.0. The maximum absolute atomic E-state index is 13.4. The van der Waals surface area contributed by atoms with Crippen LogP contribution in [0.15, 0.2) is 24.4 Å². The molecule has 10 nitrogen and oxygen atoms in total. The summed E-state index contributed by atoms with van der Waals surface area (Å²) < 4.78 is 8.19. The minimum absolute atomic E-state index is 0.0973. The van der Waals surface area contributed by atoms with Crippen LogP contribution in [0.1, 0.15) is 48.5 Å². The molecule has 3 N–H and O–H groups in total. The molecule has 1 aromatic carbocycles. The van der Waals surface area contributed by atoms with Crippen molar-refractivity contribution in [2.24, 2.45) is 11.8 Å². The highest BCUT2D eigenvalue weighted by Gasteiger charge is 2.40. The molecular formula is C27H36N8O2. The number of amides is 1. The average molecular weight is 505 g/mol. The summed E-state index contributed by atoms with van der Waals surface area (Å²) >= 11 is 0. The first-order valence-electron chi connectivity index (χ1n) is 13.5. The van der Waals surface area contributed by atoms with E-state index in [9.17, 15) is 4.79 Å². The Morgan fingerprint density at radius 2 is 1.95 bits per heavy atom. The number of hydrogen-bond acceptors (Lipinski definition) is 8. The number of nitrogens with two attached hydrogens (primary N) is 1. The van der Waals surface area contributed by atoms with Gasteiger partial charge in [0.2, 0.25) is 5.95 Å². The van der Waals surface area contributed by atoms with Gasteiger partial charge in [-0.25, -0.2) is 4.98 Å². The quantitative estimate of drug-likeness (QED) is 0.428. The van der Waals surface area contributed by atoms with Crippen LogP contribution in [0.25, 0.3) is 11.0 Å². The van der Waals surface area contributed by atoms with Crippen LogP contribution in [0.2, 0.25) is 0 Å². The zero-order chi connectivity index (χ0) is 25.5. The van der Waals surface area contributed by atoms with Crippen molar-refractivity contribution in [3.8, 4) is 5.75 Å². The van der Waals surface area contributed by atoms with Crippen molar-refractivity contribution in [1.82, 2.24) is 29.5 Å². The molecule has 0 spiro atoms. The maximum Gasteiger partial charge on any atom is 0.254 e. The van der Waals surface area contributed by atoms with E-state index in [4.69, 9.17) is 10.5 Å². The van der Waals surface area contributed by atoms with Crippen LogP contribution in [0.3, 0.4) is 0 Å². The van der Waals surface area contributed by atoms with E-state index >= 15 is 0 Å². The van der Waals surface area contributed by atoms with Crippen molar-refractivity contribution in [2.75, 3.05) is 50.8 Å². The van der Waals surface area contributed by atoms with Crippen LogP contribution >= 0.6 is 0 Å². The summed E-state index contributed by atoms with van der Waals surface area (Å²) in [4.78, 5) is 26.6. The van der Waals surface area contributed by atoms with Gasteiger partial charge < -0.3 is 25.6 Å². The number of fused-ring (bicyclic) bond motifs is 2. The first kappa shape index (κ1) is 24.0. The summed E-state index contributed by atoms with van der Waals surface area (Å²) in [5.41, 5.74) is 9.14. The van der Waals surface area contributed by atoms with Crippen LogP contribution < -0.4 is 15.8 Å². The van der Waals surface area contributed by atoms with E-state index in [1.165, 1.54) is 0 Å². The molecule has 37 heavy (non-hydrogen) atoms. The fourth-order valence-electron chi connectivity index (χ4n) is 5.67. The number of rotatable bonds is 9. The maximum atomic E-state index is 13.4. The Bertz CT molecular complexity index is 1290. The average Bonchev–Trinajstić information content (AvgIpc) is 3.30. The minimum Gasteiger partial charge on any atom is -0.490 e. The molecule has 6 rings (SSSR count). The number of aromatic nitrogens is 4. The van der Waals surface area contributed by atoms with Crippen LogP contribution in [0.4, 0.5) is 11.8 Å². The number of ether oxygens (including phenoxy) is 1. The van der Waals surface area contributed by atoms with Crippen LogP contribution in [0, 0.1) is 11.8 Å².